The maximum absolute atomic E-state index is 12.7. The molecule has 31 heavy (non-hydrogen) atoms. The summed E-state index contributed by atoms with van der Waals surface area (Å²) < 4.78 is 6.16. The van der Waals surface area contributed by atoms with Crippen molar-refractivity contribution in [1.82, 2.24) is 9.88 Å². The average molecular weight is 417 g/mol. The standard InChI is InChI=1S/C26H28N2O3/c1-18(2)22-7-3-4-9-25(22)31-21-10-11-23(20(15-21)17-29)19-12-14-28(16-19)26(30)24-8-5-6-13-27-24/h3-11,13,15,18-19,29H,12,14,16-17H2,1-2H3/t19-/m1/s1. The lowest BCUT2D eigenvalue weighted by molar-refractivity contribution is 0.0785. The van der Waals surface area contributed by atoms with Gasteiger partial charge in [0.1, 0.15) is 17.2 Å². The van der Waals surface area contributed by atoms with Gasteiger partial charge in [0.25, 0.3) is 5.91 Å². The van der Waals surface area contributed by atoms with Crippen molar-refractivity contribution in [2.75, 3.05) is 13.1 Å². The molecule has 1 saturated heterocycles. The van der Waals surface area contributed by atoms with Gasteiger partial charge >= 0.3 is 0 Å². The van der Waals surface area contributed by atoms with Crippen molar-refractivity contribution >= 4 is 5.91 Å². The molecule has 0 unspecified atom stereocenters. The SMILES string of the molecule is CC(C)c1ccccc1Oc1ccc([C@@H]2CCN(C(=O)c3ccccn3)C2)c(CO)c1. The van der Waals surface area contributed by atoms with Gasteiger partial charge in [-0.1, -0.05) is 44.2 Å². The molecule has 0 spiro atoms. The van der Waals surface area contributed by atoms with Crippen LogP contribution in [0.4, 0.5) is 0 Å². The third-order valence-corrected chi connectivity index (χ3v) is 5.85. The predicted molar refractivity (Wildman–Crippen MR) is 120 cm³/mol. The highest BCUT2D eigenvalue weighted by atomic mass is 16.5. The Hall–Kier alpha value is -3.18. The molecule has 1 atom stereocenters. The van der Waals surface area contributed by atoms with Crippen molar-refractivity contribution in [1.29, 1.82) is 0 Å². The lowest BCUT2D eigenvalue weighted by atomic mass is 9.93. The first-order chi connectivity index (χ1) is 15.1. The first-order valence-electron chi connectivity index (χ1n) is 10.8. The molecular weight excluding hydrogens is 388 g/mol. The Balaban J connectivity index is 1.51. The summed E-state index contributed by atoms with van der Waals surface area (Å²) in [4.78, 5) is 18.7. The first kappa shape index (κ1) is 21.1. The second-order valence-corrected chi connectivity index (χ2v) is 8.27. The van der Waals surface area contributed by atoms with Crippen molar-refractivity contribution in [2.45, 2.75) is 38.7 Å². The number of aliphatic hydroxyl groups excluding tert-OH is 1. The summed E-state index contributed by atoms with van der Waals surface area (Å²) in [5.74, 6) is 2.04. The van der Waals surface area contributed by atoms with E-state index >= 15 is 0 Å². The predicted octanol–water partition coefficient (Wildman–Crippen LogP) is 5.12. The Kier molecular flexibility index (Phi) is 6.33. The van der Waals surface area contributed by atoms with Crippen LogP contribution in [0, 0.1) is 0 Å². The summed E-state index contributed by atoms with van der Waals surface area (Å²) in [6.45, 7) is 5.53. The van der Waals surface area contributed by atoms with E-state index in [0.29, 0.717) is 30.5 Å². The van der Waals surface area contributed by atoms with E-state index in [2.05, 4.69) is 24.9 Å². The molecule has 4 rings (SSSR count). The Labute approximate surface area is 183 Å². The van der Waals surface area contributed by atoms with E-state index in [1.807, 2.05) is 47.4 Å². The van der Waals surface area contributed by atoms with Crippen LogP contribution in [0.25, 0.3) is 0 Å². The van der Waals surface area contributed by atoms with Crippen LogP contribution in [0.5, 0.6) is 11.5 Å². The molecule has 1 N–H and O–H groups in total. The van der Waals surface area contributed by atoms with E-state index in [1.54, 1.807) is 18.3 Å². The number of carbonyl (C=O) groups excluding carboxylic acids is 1. The molecule has 5 heteroatoms. The van der Waals surface area contributed by atoms with E-state index < -0.39 is 0 Å². The summed E-state index contributed by atoms with van der Waals surface area (Å²) in [6, 6.07) is 19.3. The van der Waals surface area contributed by atoms with E-state index in [-0.39, 0.29) is 18.4 Å². The number of hydrogen-bond acceptors (Lipinski definition) is 4. The zero-order valence-electron chi connectivity index (χ0n) is 18.0. The number of aliphatic hydroxyl groups is 1. The van der Waals surface area contributed by atoms with Gasteiger partial charge in [0, 0.05) is 25.2 Å². The van der Waals surface area contributed by atoms with Gasteiger partial charge in [-0.25, -0.2) is 0 Å². The number of nitrogens with zero attached hydrogens (tertiary/aromatic N) is 2. The minimum Gasteiger partial charge on any atom is -0.457 e. The molecule has 1 aromatic heterocycles. The molecule has 5 nitrogen and oxygen atoms in total. The number of aromatic nitrogens is 1. The molecule has 160 valence electrons. The fraction of sp³-hybridized carbons (Fsp3) is 0.308. The monoisotopic (exact) mass is 416 g/mol. The number of likely N-dealkylation sites (tertiary alicyclic amines) is 1. The van der Waals surface area contributed by atoms with Crippen LogP contribution in [0.3, 0.4) is 0 Å². The van der Waals surface area contributed by atoms with Crippen LogP contribution in [0.15, 0.2) is 66.9 Å². The van der Waals surface area contributed by atoms with Gasteiger partial charge in [-0.15, -0.1) is 0 Å². The van der Waals surface area contributed by atoms with E-state index in [9.17, 15) is 9.90 Å². The van der Waals surface area contributed by atoms with E-state index in [4.69, 9.17) is 4.74 Å². The fourth-order valence-electron chi connectivity index (χ4n) is 4.21. The zero-order chi connectivity index (χ0) is 21.8. The van der Waals surface area contributed by atoms with Gasteiger partial charge < -0.3 is 14.7 Å². The number of para-hydroxylation sites is 1. The normalized spacial score (nSPS) is 16.0. The van der Waals surface area contributed by atoms with Gasteiger partial charge in [0.15, 0.2) is 0 Å². The molecule has 1 fully saturated rings. The van der Waals surface area contributed by atoms with Crippen molar-refractivity contribution in [3.05, 3.63) is 89.2 Å². The van der Waals surface area contributed by atoms with Gasteiger partial charge in [-0.05, 0) is 59.4 Å². The highest BCUT2D eigenvalue weighted by molar-refractivity contribution is 5.92. The molecule has 1 aliphatic rings. The topological polar surface area (TPSA) is 62.7 Å². The quantitative estimate of drug-likeness (QED) is 0.606. The highest BCUT2D eigenvalue weighted by Crippen LogP contribution is 2.35. The summed E-state index contributed by atoms with van der Waals surface area (Å²) in [5, 5.41) is 10.0. The minimum atomic E-state index is -0.0664. The maximum atomic E-state index is 12.7. The number of benzene rings is 2. The molecule has 0 saturated carbocycles. The number of ether oxygens (including phenoxy) is 1. The maximum Gasteiger partial charge on any atom is 0.272 e. The van der Waals surface area contributed by atoms with Crippen LogP contribution >= 0.6 is 0 Å². The number of pyridine rings is 1. The van der Waals surface area contributed by atoms with Gasteiger partial charge in [-0.2, -0.15) is 0 Å². The summed E-state index contributed by atoms with van der Waals surface area (Å²) >= 11 is 0. The largest absolute Gasteiger partial charge is 0.457 e. The van der Waals surface area contributed by atoms with Gasteiger partial charge in [-0.3, -0.25) is 9.78 Å². The first-order valence-corrected chi connectivity index (χ1v) is 10.8. The second-order valence-electron chi connectivity index (χ2n) is 8.27. The van der Waals surface area contributed by atoms with Crippen molar-refractivity contribution < 1.29 is 14.6 Å². The number of amides is 1. The molecular formula is C26H28N2O3. The Morgan fingerprint density at radius 3 is 2.71 bits per heavy atom. The molecule has 0 bridgehead atoms. The lowest BCUT2D eigenvalue weighted by Gasteiger charge is -2.19. The Morgan fingerprint density at radius 1 is 1.16 bits per heavy atom. The van der Waals surface area contributed by atoms with Crippen LogP contribution in [0.1, 0.15) is 59.3 Å². The van der Waals surface area contributed by atoms with Crippen molar-refractivity contribution in [3.8, 4) is 11.5 Å². The average Bonchev–Trinajstić information content (AvgIpc) is 3.29. The molecule has 0 radical (unpaired) electrons. The third-order valence-electron chi connectivity index (χ3n) is 5.85. The Morgan fingerprint density at radius 2 is 1.97 bits per heavy atom. The smallest absolute Gasteiger partial charge is 0.272 e. The third kappa shape index (κ3) is 4.62. The van der Waals surface area contributed by atoms with E-state index in [1.165, 1.54) is 0 Å². The summed E-state index contributed by atoms with van der Waals surface area (Å²) in [5.41, 5.74) is 3.54. The molecule has 1 amide bonds. The van der Waals surface area contributed by atoms with E-state index in [0.717, 1.165) is 28.9 Å². The number of carbonyl (C=O) groups is 1. The molecule has 3 aromatic rings. The molecule has 0 aliphatic carbocycles. The molecule has 2 heterocycles. The summed E-state index contributed by atoms with van der Waals surface area (Å²) in [6.07, 6.45) is 2.50. The lowest BCUT2D eigenvalue weighted by Crippen LogP contribution is -2.29. The number of rotatable bonds is 6. The Bertz CT molecular complexity index is 1050. The highest BCUT2D eigenvalue weighted by Gasteiger charge is 2.29. The van der Waals surface area contributed by atoms with Crippen molar-refractivity contribution in [3.63, 3.8) is 0 Å². The van der Waals surface area contributed by atoms with Crippen LogP contribution in [0.2, 0.25) is 0 Å². The zero-order valence-corrected chi connectivity index (χ0v) is 18.0. The number of hydrogen-bond donors (Lipinski definition) is 1. The van der Waals surface area contributed by atoms with Gasteiger partial charge in [0.2, 0.25) is 0 Å². The van der Waals surface area contributed by atoms with Crippen LogP contribution < -0.4 is 4.74 Å². The second kappa shape index (κ2) is 9.31. The van der Waals surface area contributed by atoms with Crippen molar-refractivity contribution in [2.24, 2.45) is 0 Å². The van der Waals surface area contributed by atoms with Crippen LogP contribution in [-0.2, 0) is 6.61 Å². The summed E-state index contributed by atoms with van der Waals surface area (Å²) in [7, 11) is 0. The minimum absolute atomic E-state index is 0.0427. The van der Waals surface area contributed by atoms with Crippen LogP contribution in [-0.4, -0.2) is 34.0 Å². The fourth-order valence-corrected chi connectivity index (χ4v) is 4.21. The molecule has 2 aromatic carbocycles. The van der Waals surface area contributed by atoms with Gasteiger partial charge in [0.05, 0.1) is 6.61 Å². The molecule has 1 aliphatic heterocycles.